The minimum Gasteiger partial charge on any atom is -0.311 e. The fourth-order valence-corrected chi connectivity index (χ4v) is 1.51. The van der Waals surface area contributed by atoms with Crippen LogP contribution in [0.3, 0.4) is 0 Å². The fourth-order valence-electron chi connectivity index (χ4n) is 1.51. The average molecular weight is 194 g/mol. The summed E-state index contributed by atoms with van der Waals surface area (Å²) >= 11 is 0. The molecule has 0 amide bonds. The number of rotatable bonds is 2. The van der Waals surface area contributed by atoms with Crippen molar-refractivity contribution in [3.8, 4) is 0 Å². The van der Waals surface area contributed by atoms with Crippen molar-refractivity contribution in [2.75, 3.05) is 0 Å². The van der Waals surface area contributed by atoms with Crippen molar-refractivity contribution in [1.29, 1.82) is 0 Å². The molecule has 0 atom stereocenters. The topological polar surface area (TPSA) is 54.9 Å². The van der Waals surface area contributed by atoms with Gasteiger partial charge in [0.2, 0.25) is 0 Å². The molecular formula is C10H14N2O2. The molecule has 76 valence electrons. The molecule has 1 fully saturated rings. The molecule has 1 aromatic heterocycles. The smallest absolute Gasteiger partial charge is 0.311 e. The number of nitrogens with one attached hydrogen (secondary N) is 1. The van der Waals surface area contributed by atoms with Crippen LogP contribution in [0.15, 0.2) is 15.7 Å². The lowest BCUT2D eigenvalue weighted by molar-refractivity contribution is 0.637. The number of aromatic amines is 1. The van der Waals surface area contributed by atoms with Crippen LogP contribution in [0.5, 0.6) is 0 Å². The molecule has 1 heterocycles. The van der Waals surface area contributed by atoms with Gasteiger partial charge in [0.25, 0.3) is 5.56 Å². The van der Waals surface area contributed by atoms with Crippen LogP contribution in [0, 0.1) is 0 Å². The second-order valence-electron chi connectivity index (χ2n) is 4.12. The van der Waals surface area contributed by atoms with Gasteiger partial charge < -0.3 is 4.98 Å². The van der Waals surface area contributed by atoms with Crippen molar-refractivity contribution >= 4 is 0 Å². The highest BCUT2D eigenvalue weighted by Gasteiger charge is 2.26. The summed E-state index contributed by atoms with van der Waals surface area (Å²) in [6.45, 7) is 3.90. The lowest BCUT2D eigenvalue weighted by atomic mass is 10.1. The number of H-pyrrole nitrogens is 1. The molecule has 1 aromatic rings. The van der Waals surface area contributed by atoms with Crippen molar-refractivity contribution in [2.24, 2.45) is 0 Å². The summed E-state index contributed by atoms with van der Waals surface area (Å²) < 4.78 is 1.33. The van der Waals surface area contributed by atoms with E-state index in [0.29, 0.717) is 0 Å². The molecule has 0 unspecified atom stereocenters. The summed E-state index contributed by atoms with van der Waals surface area (Å²) in [6.07, 6.45) is 1.90. The largest absolute Gasteiger partial charge is 0.328 e. The quantitative estimate of drug-likeness (QED) is 0.763. The summed E-state index contributed by atoms with van der Waals surface area (Å²) in [5, 5.41) is 0. The summed E-state index contributed by atoms with van der Waals surface area (Å²) in [5.74, 6) is 0.184. The molecule has 1 saturated carbocycles. The first kappa shape index (κ1) is 9.24. The minimum absolute atomic E-state index is 0.146. The van der Waals surface area contributed by atoms with Crippen molar-refractivity contribution in [2.45, 2.75) is 38.6 Å². The van der Waals surface area contributed by atoms with Gasteiger partial charge in [0, 0.05) is 17.8 Å². The lowest BCUT2D eigenvalue weighted by Gasteiger charge is -2.06. The predicted molar refractivity (Wildman–Crippen MR) is 53.7 cm³/mol. The molecule has 2 rings (SSSR count). The van der Waals surface area contributed by atoms with Gasteiger partial charge in [-0.05, 0) is 18.8 Å². The second-order valence-corrected chi connectivity index (χ2v) is 4.12. The molecule has 4 heteroatoms. The Balaban J connectivity index is 2.55. The standard InChI is InChI=1S/C10H14N2O2/c1-6(2)8-5-9(13)12(7-3-4-7)10(14)11-8/h5-7H,3-4H2,1-2H3,(H,11,14). The molecule has 1 aliphatic carbocycles. The van der Waals surface area contributed by atoms with Crippen LogP contribution < -0.4 is 11.2 Å². The third kappa shape index (κ3) is 1.52. The molecule has 0 aliphatic heterocycles. The highest BCUT2D eigenvalue weighted by atomic mass is 16.2. The van der Waals surface area contributed by atoms with E-state index in [1.54, 1.807) is 0 Å². The van der Waals surface area contributed by atoms with Gasteiger partial charge in [-0.25, -0.2) is 4.79 Å². The normalized spacial score (nSPS) is 16.2. The van der Waals surface area contributed by atoms with E-state index < -0.39 is 0 Å². The second kappa shape index (κ2) is 3.12. The van der Waals surface area contributed by atoms with E-state index in [4.69, 9.17) is 0 Å². The fraction of sp³-hybridized carbons (Fsp3) is 0.600. The molecule has 0 bridgehead atoms. The molecule has 0 aromatic carbocycles. The van der Waals surface area contributed by atoms with Crippen LogP contribution in [-0.4, -0.2) is 9.55 Å². The maximum atomic E-state index is 11.6. The summed E-state index contributed by atoms with van der Waals surface area (Å²) in [7, 11) is 0. The third-order valence-corrected chi connectivity index (χ3v) is 2.52. The van der Waals surface area contributed by atoms with Gasteiger partial charge in [-0.2, -0.15) is 0 Å². The van der Waals surface area contributed by atoms with Crippen LogP contribution >= 0.6 is 0 Å². The lowest BCUT2D eigenvalue weighted by Crippen LogP contribution is -2.35. The minimum atomic E-state index is -0.260. The maximum Gasteiger partial charge on any atom is 0.328 e. The zero-order valence-corrected chi connectivity index (χ0v) is 8.41. The Hall–Kier alpha value is -1.32. The van der Waals surface area contributed by atoms with Gasteiger partial charge in [-0.15, -0.1) is 0 Å². The van der Waals surface area contributed by atoms with E-state index in [-0.39, 0.29) is 23.2 Å². The first-order valence-corrected chi connectivity index (χ1v) is 4.95. The first-order valence-electron chi connectivity index (χ1n) is 4.95. The van der Waals surface area contributed by atoms with Crippen molar-refractivity contribution in [1.82, 2.24) is 9.55 Å². The SMILES string of the molecule is CC(C)c1cc(=O)n(C2CC2)c(=O)[nH]1. The van der Waals surface area contributed by atoms with Crippen LogP contribution in [0.1, 0.15) is 44.3 Å². The molecule has 0 spiro atoms. The molecule has 1 N–H and O–H groups in total. The van der Waals surface area contributed by atoms with E-state index >= 15 is 0 Å². The van der Waals surface area contributed by atoms with E-state index in [2.05, 4.69) is 4.98 Å². The summed E-state index contributed by atoms with van der Waals surface area (Å²) in [5.41, 5.74) is 0.292. The number of nitrogens with zero attached hydrogens (tertiary/aromatic N) is 1. The summed E-state index contributed by atoms with van der Waals surface area (Å²) in [4.78, 5) is 25.9. The van der Waals surface area contributed by atoms with Gasteiger partial charge in [-0.1, -0.05) is 13.8 Å². The van der Waals surface area contributed by atoms with Gasteiger partial charge in [0.1, 0.15) is 0 Å². The third-order valence-electron chi connectivity index (χ3n) is 2.52. The molecule has 1 aliphatic rings. The number of hydrogen-bond acceptors (Lipinski definition) is 2. The Kier molecular flexibility index (Phi) is 2.06. The van der Waals surface area contributed by atoms with Crippen LogP contribution in [-0.2, 0) is 0 Å². The van der Waals surface area contributed by atoms with Gasteiger partial charge in [0.05, 0.1) is 0 Å². The molecule has 0 radical (unpaired) electrons. The van der Waals surface area contributed by atoms with Crippen LogP contribution in [0.25, 0.3) is 0 Å². The Morgan fingerprint density at radius 2 is 2.07 bits per heavy atom. The van der Waals surface area contributed by atoms with Crippen molar-refractivity contribution in [3.05, 3.63) is 32.6 Å². The van der Waals surface area contributed by atoms with Gasteiger partial charge in [0.15, 0.2) is 0 Å². The van der Waals surface area contributed by atoms with Crippen molar-refractivity contribution in [3.63, 3.8) is 0 Å². The average Bonchev–Trinajstić information content (AvgIpc) is 2.86. The zero-order chi connectivity index (χ0) is 10.3. The van der Waals surface area contributed by atoms with Crippen molar-refractivity contribution < 1.29 is 0 Å². The van der Waals surface area contributed by atoms with Gasteiger partial charge in [-0.3, -0.25) is 9.36 Å². The number of hydrogen-bond donors (Lipinski definition) is 1. The van der Waals surface area contributed by atoms with Crippen LogP contribution in [0.2, 0.25) is 0 Å². The Morgan fingerprint density at radius 3 is 2.50 bits per heavy atom. The Morgan fingerprint density at radius 1 is 1.43 bits per heavy atom. The summed E-state index contributed by atoms with van der Waals surface area (Å²) in [6, 6.07) is 1.68. The first-order chi connectivity index (χ1) is 6.59. The molecular weight excluding hydrogens is 180 g/mol. The van der Waals surface area contributed by atoms with E-state index in [1.165, 1.54) is 10.6 Å². The molecule has 14 heavy (non-hydrogen) atoms. The van der Waals surface area contributed by atoms with Gasteiger partial charge >= 0.3 is 5.69 Å². The maximum absolute atomic E-state index is 11.6. The highest BCUT2D eigenvalue weighted by Crippen LogP contribution is 2.31. The zero-order valence-electron chi connectivity index (χ0n) is 8.41. The molecule has 0 saturated heterocycles. The van der Waals surface area contributed by atoms with E-state index in [0.717, 1.165) is 18.5 Å². The van der Waals surface area contributed by atoms with E-state index in [1.807, 2.05) is 13.8 Å². The molecule has 4 nitrogen and oxygen atoms in total. The van der Waals surface area contributed by atoms with Crippen LogP contribution in [0.4, 0.5) is 0 Å². The van der Waals surface area contributed by atoms with E-state index in [9.17, 15) is 9.59 Å². The Bertz CT molecular complexity index is 421. The predicted octanol–water partition coefficient (Wildman–Crippen LogP) is 0.995. The monoisotopic (exact) mass is 194 g/mol. The number of aromatic nitrogens is 2. The highest BCUT2D eigenvalue weighted by molar-refractivity contribution is 5.05. The Labute approximate surface area is 81.6 Å².